The molecule has 0 spiro atoms. The molecule has 0 saturated heterocycles. The summed E-state index contributed by atoms with van der Waals surface area (Å²) in [6.45, 7) is 7.27. The number of rotatable bonds is 7. The maximum Gasteiger partial charge on any atom is 0.338 e. The Kier molecular flexibility index (Phi) is 6.63. The highest BCUT2D eigenvalue weighted by Crippen LogP contribution is 2.42. The maximum atomic E-state index is 12.9. The Bertz CT molecular complexity index is 1420. The third kappa shape index (κ3) is 4.37. The number of nitrogens with one attached hydrogen (secondary N) is 1. The topological polar surface area (TPSA) is 101 Å². The van der Waals surface area contributed by atoms with Gasteiger partial charge in [0.05, 0.1) is 23.1 Å². The molecule has 7 heteroatoms. The average molecular weight is 459 g/mol. The molecular formula is C27H26N2O5. The van der Waals surface area contributed by atoms with Crippen molar-refractivity contribution in [3.63, 3.8) is 0 Å². The van der Waals surface area contributed by atoms with Crippen molar-refractivity contribution in [2.24, 2.45) is 4.99 Å². The molecule has 0 radical (unpaired) electrons. The van der Waals surface area contributed by atoms with Crippen LogP contribution in [0, 0.1) is 0 Å². The number of hydrogen-bond acceptors (Lipinski definition) is 6. The first-order chi connectivity index (χ1) is 16.5. The smallest absolute Gasteiger partial charge is 0.338 e. The van der Waals surface area contributed by atoms with E-state index in [0.717, 1.165) is 34.1 Å². The summed E-state index contributed by atoms with van der Waals surface area (Å²) in [7, 11) is 0. The van der Waals surface area contributed by atoms with E-state index in [4.69, 9.17) is 9.15 Å². The van der Waals surface area contributed by atoms with E-state index in [1.54, 1.807) is 13.0 Å². The fourth-order valence-electron chi connectivity index (χ4n) is 4.04. The quantitative estimate of drug-likeness (QED) is 0.283. The summed E-state index contributed by atoms with van der Waals surface area (Å²) in [6.07, 6.45) is 0. The molecule has 1 heterocycles. The zero-order chi connectivity index (χ0) is 24.2. The van der Waals surface area contributed by atoms with Crippen LogP contribution in [0.1, 0.15) is 41.5 Å². The summed E-state index contributed by atoms with van der Waals surface area (Å²) in [5, 5.41) is 14.4. The molecule has 0 amide bonds. The first-order valence-electron chi connectivity index (χ1n) is 11.3. The van der Waals surface area contributed by atoms with Gasteiger partial charge in [-0.15, -0.1) is 0 Å². The Morgan fingerprint density at radius 2 is 1.79 bits per heavy atom. The number of esters is 1. The zero-order valence-electron chi connectivity index (χ0n) is 19.3. The van der Waals surface area contributed by atoms with Crippen LogP contribution in [0.4, 0.5) is 5.69 Å². The Morgan fingerprint density at radius 1 is 1.00 bits per heavy atom. The standard InChI is InChI=1S/C27H26N2O5/c1-4-28-17-8-11-20-23(14-17)34-24-15-18(29-5-2)9-12-21(24)25(20)19-10-7-16(26(30)31)13-22(19)27(32)33-6-3/h7-15,28H,4-6H2,1-3H3,(H,30,31). The molecule has 34 heavy (non-hydrogen) atoms. The van der Waals surface area contributed by atoms with Crippen LogP contribution < -0.4 is 10.7 Å². The number of aromatic carboxylic acids is 1. The fourth-order valence-corrected chi connectivity index (χ4v) is 4.04. The van der Waals surface area contributed by atoms with E-state index in [0.29, 0.717) is 23.5 Å². The van der Waals surface area contributed by atoms with Crippen LogP contribution in [0.25, 0.3) is 33.4 Å². The first kappa shape index (κ1) is 23.0. The Balaban J connectivity index is 2.10. The van der Waals surface area contributed by atoms with E-state index >= 15 is 0 Å². The van der Waals surface area contributed by atoms with Crippen molar-refractivity contribution in [3.05, 3.63) is 71.1 Å². The highest BCUT2D eigenvalue weighted by molar-refractivity contribution is 6.09. The van der Waals surface area contributed by atoms with Gasteiger partial charge in [0.2, 0.25) is 0 Å². The van der Waals surface area contributed by atoms with Crippen LogP contribution in [-0.2, 0) is 4.74 Å². The van der Waals surface area contributed by atoms with Gasteiger partial charge in [0, 0.05) is 47.4 Å². The third-order valence-electron chi connectivity index (χ3n) is 5.46. The molecule has 2 aromatic carbocycles. The lowest BCUT2D eigenvalue weighted by Crippen LogP contribution is -2.10. The van der Waals surface area contributed by atoms with Crippen molar-refractivity contribution in [1.82, 2.24) is 0 Å². The van der Waals surface area contributed by atoms with Gasteiger partial charge < -0.3 is 19.6 Å². The van der Waals surface area contributed by atoms with Crippen molar-refractivity contribution >= 4 is 28.6 Å². The zero-order valence-corrected chi connectivity index (χ0v) is 19.3. The molecule has 0 aromatic heterocycles. The molecule has 2 N–H and O–H groups in total. The Labute approximate surface area is 197 Å². The highest BCUT2D eigenvalue weighted by atomic mass is 16.5. The van der Waals surface area contributed by atoms with Gasteiger partial charge in [-0.2, -0.15) is 0 Å². The number of fused-ring (bicyclic) bond motifs is 2. The third-order valence-corrected chi connectivity index (χ3v) is 5.46. The summed E-state index contributed by atoms with van der Waals surface area (Å²) >= 11 is 0. The predicted octanol–water partition coefficient (Wildman–Crippen LogP) is 5.43. The molecule has 0 fully saturated rings. The number of benzene rings is 3. The SMILES string of the molecule is CCN=c1ccc2c(-c3ccc(C(=O)O)cc3C(=O)OCC)c3ccc(NCC)cc3oc-2c1. The lowest BCUT2D eigenvalue weighted by atomic mass is 9.89. The predicted molar refractivity (Wildman–Crippen MR) is 131 cm³/mol. The van der Waals surface area contributed by atoms with Crippen LogP contribution in [0.5, 0.6) is 0 Å². The summed E-state index contributed by atoms with van der Waals surface area (Å²) in [5.74, 6) is -1.08. The number of carboxylic acids is 1. The van der Waals surface area contributed by atoms with E-state index in [-0.39, 0.29) is 17.7 Å². The van der Waals surface area contributed by atoms with Crippen molar-refractivity contribution in [2.45, 2.75) is 20.8 Å². The summed E-state index contributed by atoms with van der Waals surface area (Å²) in [4.78, 5) is 29.0. The highest BCUT2D eigenvalue weighted by Gasteiger charge is 2.23. The molecule has 4 rings (SSSR count). The van der Waals surface area contributed by atoms with Gasteiger partial charge in [-0.1, -0.05) is 6.07 Å². The van der Waals surface area contributed by atoms with E-state index in [1.807, 2.05) is 50.2 Å². The monoisotopic (exact) mass is 458 g/mol. The Hall–Kier alpha value is -4.13. The summed E-state index contributed by atoms with van der Waals surface area (Å²) in [5.41, 5.74) is 3.87. The van der Waals surface area contributed by atoms with Crippen LogP contribution in [-0.4, -0.2) is 36.7 Å². The van der Waals surface area contributed by atoms with Gasteiger partial charge in [-0.05, 0) is 62.7 Å². The largest absolute Gasteiger partial charge is 0.478 e. The van der Waals surface area contributed by atoms with Gasteiger partial charge in [-0.3, -0.25) is 4.99 Å². The van der Waals surface area contributed by atoms with Crippen molar-refractivity contribution in [2.75, 3.05) is 25.0 Å². The van der Waals surface area contributed by atoms with Crippen LogP contribution >= 0.6 is 0 Å². The van der Waals surface area contributed by atoms with E-state index in [1.165, 1.54) is 12.1 Å². The lowest BCUT2D eigenvalue weighted by Gasteiger charge is -2.18. The molecular weight excluding hydrogens is 432 g/mol. The second-order valence-electron chi connectivity index (χ2n) is 7.66. The van der Waals surface area contributed by atoms with Crippen molar-refractivity contribution in [3.8, 4) is 22.5 Å². The van der Waals surface area contributed by atoms with Crippen molar-refractivity contribution < 1.29 is 23.8 Å². The molecule has 7 nitrogen and oxygen atoms in total. The second-order valence-corrected chi connectivity index (χ2v) is 7.66. The van der Waals surface area contributed by atoms with Gasteiger partial charge >= 0.3 is 11.9 Å². The van der Waals surface area contributed by atoms with Crippen LogP contribution in [0.3, 0.4) is 0 Å². The Morgan fingerprint density at radius 3 is 2.50 bits per heavy atom. The number of nitrogens with zero attached hydrogens (tertiary/aromatic N) is 1. The second kappa shape index (κ2) is 9.79. The molecule has 2 aromatic rings. The minimum atomic E-state index is -1.11. The molecule has 1 aliphatic carbocycles. The molecule has 174 valence electrons. The molecule has 2 aliphatic rings. The molecule has 0 unspecified atom stereocenters. The van der Waals surface area contributed by atoms with Gasteiger partial charge in [-0.25, -0.2) is 9.59 Å². The fraction of sp³-hybridized carbons (Fsp3) is 0.222. The van der Waals surface area contributed by atoms with E-state index < -0.39 is 11.9 Å². The lowest BCUT2D eigenvalue weighted by molar-refractivity contribution is 0.0527. The summed E-state index contributed by atoms with van der Waals surface area (Å²) in [6, 6.07) is 16.0. The minimum Gasteiger partial charge on any atom is -0.478 e. The number of carboxylic acid groups (broad SMARTS) is 1. The number of anilines is 1. The summed E-state index contributed by atoms with van der Waals surface area (Å²) < 4.78 is 11.6. The van der Waals surface area contributed by atoms with E-state index in [2.05, 4.69) is 10.3 Å². The number of carbonyl (C=O) groups is 2. The molecule has 1 aliphatic heterocycles. The minimum absolute atomic E-state index is 0.0134. The number of carbonyl (C=O) groups excluding carboxylic acids is 1. The van der Waals surface area contributed by atoms with Gasteiger partial charge in [0.1, 0.15) is 11.3 Å². The van der Waals surface area contributed by atoms with Crippen LogP contribution in [0.15, 0.2) is 64.0 Å². The first-order valence-corrected chi connectivity index (χ1v) is 11.3. The molecule has 0 bridgehead atoms. The maximum absolute atomic E-state index is 12.9. The van der Waals surface area contributed by atoms with Crippen LogP contribution in [0.2, 0.25) is 0 Å². The number of ether oxygens (including phenoxy) is 1. The normalized spacial score (nSPS) is 11.7. The van der Waals surface area contributed by atoms with Gasteiger partial charge in [0.15, 0.2) is 0 Å². The molecule has 0 atom stereocenters. The molecule has 0 saturated carbocycles. The van der Waals surface area contributed by atoms with Gasteiger partial charge in [0.25, 0.3) is 0 Å². The number of hydrogen-bond donors (Lipinski definition) is 2. The average Bonchev–Trinajstić information content (AvgIpc) is 2.82. The van der Waals surface area contributed by atoms with Crippen molar-refractivity contribution in [1.29, 1.82) is 0 Å². The van der Waals surface area contributed by atoms with E-state index in [9.17, 15) is 14.7 Å².